The molecule has 0 amide bonds. The molecule has 1 saturated carbocycles. The zero-order valence-corrected chi connectivity index (χ0v) is 9.08. The molecule has 2 fully saturated rings. The number of likely N-dealkylation sites (N-methyl/N-ethyl adjacent to an activating group) is 1. The molecule has 0 bridgehead atoms. The SMILES string of the molecule is CCN1CCCC1CN=C(N)C1CC1. The van der Waals surface area contributed by atoms with Crippen LogP contribution in [0.15, 0.2) is 4.99 Å². The summed E-state index contributed by atoms with van der Waals surface area (Å²) in [7, 11) is 0. The smallest absolute Gasteiger partial charge is 0.0969 e. The maximum absolute atomic E-state index is 5.88. The Hall–Kier alpha value is -0.570. The largest absolute Gasteiger partial charge is 0.387 e. The first-order chi connectivity index (χ1) is 6.81. The van der Waals surface area contributed by atoms with Crippen LogP contribution < -0.4 is 5.73 Å². The Morgan fingerprint density at radius 1 is 1.43 bits per heavy atom. The van der Waals surface area contributed by atoms with Gasteiger partial charge in [-0.15, -0.1) is 0 Å². The van der Waals surface area contributed by atoms with E-state index < -0.39 is 0 Å². The molecule has 1 aliphatic heterocycles. The summed E-state index contributed by atoms with van der Waals surface area (Å²) in [6, 6.07) is 0.664. The van der Waals surface area contributed by atoms with Gasteiger partial charge >= 0.3 is 0 Å². The fourth-order valence-electron chi connectivity index (χ4n) is 2.24. The quantitative estimate of drug-likeness (QED) is 0.541. The van der Waals surface area contributed by atoms with E-state index in [1.165, 1.54) is 32.2 Å². The summed E-state index contributed by atoms with van der Waals surface area (Å²) in [5.41, 5.74) is 5.88. The molecule has 80 valence electrons. The Balaban J connectivity index is 1.81. The second-order valence-electron chi connectivity index (χ2n) is 4.46. The van der Waals surface area contributed by atoms with Crippen LogP contribution in [0.3, 0.4) is 0 Å². The average molecular weight is 195 g/mol. The van der Waals surface area contributed by atoms with Crippen molar-refractivity contribution in [3.05, 3.63) is 0 Å². The molecule has 0 spiro atoms. The molecule has 2 rings (SSSR count). The van der Waals surface area contributed by atoms with Gasteiger partial charge in [-0.2, -0.15) is 0 Å². The van der Waals surface area contributed by atoms with E-state index in [0.717, 1.165) is 18.9 Å². The number of nitrogens with two attached hydrogens (primary N) is 1. The molecule has 2 N–H and O–H groups in total. The molecule has 3 nitrogen and oxygen atoms in total. The van der Waals surface area contributed by atoms with E-state index in [-0.39, 0.29) is 0 Å². The van der Waals surface area contributed by atoms with Crippen LogP contribution >= 0.6 is 0 Å². The number of rotatable bonds is 4. The number of likely N-dealkylation sites (tertiary alicyclic amines) is 1. The first-order valence-electron chi connectivity index (χ1n) is 5.85. The topological polar surface area (TPSA) is 41.6 Å². The number of hydrogen-bond donors (Lipinski definition) is 1. The molecular formula is C11H21N3. The van der Waals surface area contributed by atoms with Gasteiger partial charge in [0.2, 0.25) is 0 Å². The van der Waals surface area contributed by atoms with Crippen LogP contribution in [0.2, 0.25) is 0 Å². The lowest BCUT2D eigenvalue weighted by atomic mass is 10.2. The molecule has 0 radical (unpaired) electrons. The lowest BCUT2D eigenvalue weighted by molar-refractivity contribution is 0.273. The minimum Gasteiger partial charge on any atom is -0.387 e. The zero-order chi connectivity index (χ0) is 9.97. The summed E-state index contributed by atoms with van der Waals surface area (Å²) >= 11 is 0. The molecule has 1 heterocycles. The summed E-state index contributed by atoms with van der Waals surface area (Å²) < 4.78 is 0. The van der Waals surface area contributed by atoms with E-state index >= 15 is 0 Å². The Kier molecular flexibility index (Phi) is 3.06. The van der Waals surface area contributed by atoms with E-state index in [9.17, 15) is 0 Å². The third-order valence-corrected chi connectivity index (χ3v) is 3.39. The van der Waals surface area contributed by atoms with E-state index in [1.54, 1.807) is 0 Å². The highest BCUT2D eigenvalue weighted by Gasteiger charge is 2.27. The molecule has 3 heteroatoms. The van der Waals surface area contributed by atoms with Crippen molar-refractivity contribution in [2.24, 2.45) is 16.6 Å². The second kappa shape index (κ2) is 4.30. The molecule has 1 aliphatic carbocycles. The number of nitrogens with zero attached hydrogens (tertiary/aromatic N) is 2. The average Bonchev–Trinajstić information content (AvgIpc) is 2.94. The minimum absolute atomic E-state index is 0.631. The third-order valence-electron chi connectivity index (χ3n) is 3.39. The van der Waals surface area contributed by atoms with Crippen molar-refractivity contribution in [3.8, 4) is 0 Å². The molecule has 1 atom stereocenters. The van der Waals surface area contributed by atoms with Crippen LogP contribution in [0.1, 0.15) is 32.6 Å². The van der Waals surface area contributed by atoms with Crippen LogP contribution in [0.4, 0.5) is 0 Å². The van der Waals surface area contributed by atoms with Crippen LogP contribution in [0, 0.1) is 5.92 Å². The normalized spacial score (nSPS) is 29.8. The number of aliphatic imine (C=N–C) groups is 1. The van der Waals surface area contributed by atoms with Gasteiger partial charge in [-0.25, -0.2) is 0 Å². The Morgan fingerprint density at radius 3 is 2.86 bits per heavy atom. The molecule has 2 aliphatic rings. The highest BCUT2D eigenvalue weighted by Crippen LogP contribution is 2.29. The summed E-state index contributed by atoms with van der Waals surface area (Å²) in [6.07, 6.45) is 5.15. The van der Waals surface area contributed by atoms with Gasteiger partial charge in [0, 0.05) is 12.0 Å². The van der Waals surface area contributed by atoms with Gasteiger partial charge in [-0.3, -0.25) is 9.89 Å². The van der Waals surface area contributed by atoms with Gasteiger partial charge < -0.3 is 5.73 Å². The zero-order valence-electron chi connectivity index (χ0n) is 9.08. The molecule has 1 unspecified atom stereocenters. The molecule has 0 aromatic heterocycles. The van der Waals surface area contributed by atoms with E-state index in [4.69, 9.17) is 5.73 Å². The van der Waals surface area contributed by atoms with Crippen molar-refractivity contribution < 1.29 is 0 Å². The summed E-state index contributed by atoms with van der Waals surface area (Å²) in [4.78, 5) is 7.04. The maximum Gasteiger partial charge on any atom is 0.0969 e. The highest BCUT2D eigenvalue weighted by molar-refractivity contribution is 5.84. The molecule has 0 aromatic carbocycles. The van der Waals surface area contributed by atoms with Crippen molar-refractivity contribution in [2.75, 3.05) is 19.6 Å². The third kappa shape index (κ3) is 2.27. The van der Waals surface area contributed by atoms with Crippen LogP contribution in [-0.2, 0) is 0 Å². The first kappa shape index (κ1) is 9.97. The van der Waals surface area contributed by atoms with E-state index in [1.807, 2.05) is 0 Å². The Labute approximate surface area is 86.4 Å². The molecular weight excluding hydrogens is 174 g/mol. The molecule has 1 saturated heterocycles. The van der Waals surface area contributed by atoms with Crippen molar-refractivity contribution in [3.63, 3.8) is 0 Å². The van der Waals surface area contributed by atoms with E-state index in [0.29, 0.717) is 12.0 Å². The highest BCUT2D eigenvalue weighted by atomic mass is 15.2. The maximum atomic E-state index is 5.88. The van der Waals surface area contributed by atoms with Gasteiger partial charge in [0.15, 0.2) is 0 Å². The lowest BCUT2D eigenvalue weighted by Crippen LogP contribution is -2.32. The summed E-state index contributed by atoms with van der Waals surface area (Å²) in [6.45, 7) is 5.56. The van der Waals surface area contributed by atoms with Gasteiger partial charge in [0.25, 0.3) is 0 Å². The first-order valence-corrected chi connectivity index (χ1v) is 5.85. The standard InChI is InChI=1S/C11H21N3/c1-2-14-7-3-4-10(14)8-13-11(12)9-5-6-9/h9-10H,2-8H2,1H3,(H2,12,13). The van der Waals surface area contributed by atoms with Gasteiger partial charge in [0.1, 0.15) is 0 Å². The lowest BCUT2D eigenvalue weighted by Gasteiger charge is -2.20. The fraction of sp³-hybridized carbons (Fsp3) is 0.909. The fourth-order valence-corrected chi connectivity index (χ4v) is 2.24. The second-order valence-corrected chi connectivity index (χ2v) is 4.46. The number of hydrogen-bond acceptors (Lipinski definition) is 2. The van der Waals surface area contributed by atoms with Gasteiger partial charge in [0.05, 0.1) is 12.4 Å². The molecule has 0 aromatic rings. The van der Waals surface area contributed by atoms with Crippen LogP contribution in [-0.4, -0.2) is 36.4 Å². The summed E-state index contributed by atoms with van der Waals surface area (Å²) in [5.74, 6) is 1.54. The van der Waals surface area contributed by atoms with Crippen molar-refractivity contribution >= 4 is 5.84 Å². The summed E-state index contributed by atoms with van der Waals surface area (Å²) in [5, 5.41) is 0. The predicted molar refractivity (Wildman–Crippen MR) is 59.5 cm³/mol. The molecule has 14 heavy (non-hydrogen) atoms. The van der Waals surface area contributed by atoms with Crippen LogP contribution in [0.25, 0.3) is 0 Å². The Morgan fingerprint density at radius 2 is 2.21 bits per heavy atom. The van der Waals surface area contributed by atoms with Gasteiger partial charge in [-0.1, -0.05) is 6.92 Å². The predicted octanol–water partition coefficient (Wildman–Crippen LogP) is 1.24. The van der Waals surface area contributed by atoms with Crippen molar-refractivity contribution in [1.29, 1.82) is 0 Å². The van der Waals surface area contributed by atoms with Crippen LogP contribution in [0.5, 0.6) is 0 Å². The monoisotopic (exact) mass is 195 g/mol. The Bertz CT molecular complexity index is 221. The van der Waals surface area contributed by atoms with E-state index in [2.05, 4.69) is 16.8 Å². The van der Waals surface area contributed by atoms with Crippen molar-refractivity contribution in [1.82, 2.24) is 4.90 Å². The minimum atomic E-state index is 0.631. The van der Waals surface area contributed by atoms with Gasteiger partial charge in [-0.05, 0) is 38.8 Å². The van der Waals surface area contributed by atoms with Crippen molar-refractivity contribution in [2.45, 2.75) is 38.6 Å². The number of amidine groups is 1.